The second-order valence-corrected chi connectivity index (χ2v) is 7.77. The van der Waals surface area contributed by atoms with E-state index in [0.29, 0.717) is 6.42 Å². The molecule has 1 heterocycles. The molecule has 4 nitrogen and oxygen atoms in total. The second kappa shape index (κ2) is 9.65. The van der Waals surface area contributed by atoms with Crippen LogP contribution in [0.25, 0.3) is 21.7 Å². The van der Waals surface area contributed by atoms with Crippen molar-refractivity contribution in [1.82, 2.24) is 10.5 Å². The van der Waals surface area contributed by atoms with Crippen molar-refractivity contribution < 1.29 is 10.0 Å². The summed E-state index contributed by atoms with van der Waals surface area (Å²) in [4.78, 5) is 17.1. The van der Waals surface area contributed by atoms with Crippen molar-refractivity contribution in [2.45, 2.75) is 32.1 Å². The Hall–Kier alpha value is -2.21. The molecule has 140 valence electrons. The lowest BCUT2D eigenvalue weighted by atomic mass is 10.1. The van der Waals surface area contributed by atoms with Gasteiger partial charge in [0.2, 0.25) is 5.91 Å². The van der Waals surface area contributed by atoms with Crippen LogP contribution in [0.15, 0.2) is 54.6 Å². The molecule has 0 unspecified atom stereocenters. The summed E-state index contributed by atoms with van der Waals surface area (Å²) in [6.07, 6.45) is 3.86. The van der Waals surface area contributed by atoms with E-state index in [0.717, 1.165) is 57.4 Å². The minimum absolute atomic E-state index is 0.333. The number of rotatable bonds is 8. The van der Waals surface area contributed by atoms with Gasteiger partial charge >= 0.3 is 0 Å². The quantitative estimate of drug-likeness (QED) is 0.288. The van der Waals surface area contributed by atoms with Crippen molar-refractivity contribution in [2.75, 3.05) is 0 Å². The lowest BCUT2D eigenvalue weighted by Gasteiger charge is -2.02. The highest BCUT2D eigenvalue weighted by molar-refractivity contribution is 7.15. The fourth-order valence-electron chi connectivity index (χ4n) is 2.85. The molecule has 1 aromatic heterocycles. The van der Waals surface area contributed by atoms with E-state index in [1.807, 2.05) is 42.5 Å². The summed E-state index contributed by atoms with van der Waals surface area (Å²) in [5, 5.41) is 10.3. The molecule has 0 saturated carbocycles. The van der Waals surface area contributed by atoms with Crippen LogP contribution in [0, 0.1) is 0 Å². The number of benzene rings is 2. The molecular weight excluding hydrogens is 380 g/mol. The monoisotopic (exact) mass is 400 g/mol. The molecule has 0 aliphatic carbocycles. The normalized spacial score (nSPS) is 10.7. The van der Waals surface area contributed by atoms with Crippen LogP contribution in [0.1, 0.15) is 30.7 Å². The number of unbranched alkanes of at least 4 members (excludes halogenated alkanes) is 2. The highest BCUT2D eigenvalue weighted by Crippen LogP contribution is 2.37. The molecule has 0 aliphatic rings. The van der Waals surface area contributed by atoms with Gasteiger partial charge in [-0.05, 0) is 37.0 Å². The molecule has 27 heavy (non-hydrogen) atoms. The Labute approximate surface area is 167 Å². The molecule has 0 saturated heterocycles. The Morgan fingerprint density at radius 2 is 1.74 bits per heavy atom. The van der Waals surface area contributed by atoms with Crippen molar-refractivity contribution in [3.8, 4) is 21.7 Å². The highest BCUT2D eigenvalue weighted by Gasteiger charge is 2.14. The zero-order valence-electron chi connectivity index (χ0n) is 14.8. The molecule has 0 atom stereocenters. The van der Waals surface area contributed by atoms with Crippen molar-refractivity contribution in [1.29, 1.82) is 0 Å². The van der Waals surface area contributed by atoms with E-state index in [4.69, 9.17) is 21.8 Å². The molecule has 0 fully saturated rings. The van der Waals surface area contributed by atoms with Gasteiger partial charge in [-0.15, -0.1) is 11.3 Å². The molecule has 0 aliphatic heterocycles. The van der Waals surface area contributed by atoms with Crippen LogP contribution in [0.4, 0.5) is 0 Å². The highest BCUT2D eigenvalue weighted by atomic mass is 35.5. The summed E-state index contributed by atoms with van der Waals surface area (Å²) in [6, 6.07) is 18.0. The molecular formula is C21H21ClN2O2S. The zero-order valence-corrected chi connectivity index (χ0v) is 16.4. The standard InChI is InChI=1S/C21H21ClN2O2S/c22-17-13-11-16(12-14-17)21-20(15-7-3-1-4-8-15)23-19(27-21)10-6-2-5-9-18(25)24-26/h1,3-4,7-8,11-14,26H,2,5-6,9-10H2,(H,24,25). The number of halogens is 1. The van der Waals surface area contributed by atoms with Crippen molar-refractivity contribution in [3.63, 3.8) is 0 Å². The summed E-state index contributed by atoms with van der Waals surface area (Å²) < 4.78 is 0. The molecule has 0 radical (unpaired) electrons. The van der Waals surface area contributed by atoms with E-state index >= 15 is 0 Å². The Kier molecular flexibility index (Phi) is 6.98. The fourth-order valence-corrected chi connectivity index (χ4v) is 4.11. The molecule has 3 rings (SSSR count). The molecule has 6 heteroatoms. The molecule has 2 aromatic carbocycles. The average molecular weight is 401 g/mol. The van der Waals surface area contributed by atoms with Crippen LogP contribution in [0.5, 0.6) is 0 Å². The van der Waals surface area contributed by atoms with Gasteiger partial charge < -0.3 is 0 Å². The molecule has 2 N–H and O–H groups in total. The molecule has 0 bridgehead atoms. The third-order valence-electron chi connectivity index (χ3n) is 4.24. The van der Waals surface area contributed by atoms with Crippen molar-refractivity contribution in [2.24, 2.45) is 0 Å². The van der Waals surface area contributed by atoms with Crippen LogP contribution in [-0.4, -0.2) is 16.1 Å². The first kappa shape index (κ1) is 19.5. The smallest absolute Gasteiger partial charge is 0.243 e. The fraction of sp³-hybridized carbons (Fsp3) is 0.238. The Morgan fingerprint density at radius 3 is 2.44 bits per heavy atom. The minimum Gasteiger partial charge on any atom is -0.289 e. The number of carbonyl (C=O) groups is 1. The van der Waals surface area contributed by atoms with Crippen LogP contribution in [-0.2, 0) is 11.2 Å². The van der Waals surface area contributed by atoms with Gasteiger partial charge in [-0.25, -0.2) is 10.5 Å². The first-order chi connectivity index (χ1) is 13.2. The third-order valence-corrected chi connectivity index (χ3v) is 5.66. The number of amides is 1. The second-order valence-electron chi connectivity index (χ2n) is 6.25. The maximum absolute atomic E-state index is 11.0. The number of aromatic nitrogens is 1. The van der Waals surface area contributed by atoms with E-state index in [-0.39, 0.29) is 5.91 Å². The first-order valence-electron chi connectivity index (χ1n) is 8.91. The molecule has 3 aromatic rings. The van der Waals surface area contributed by atoms with Crippen LogP contribution in [0.3, 0.4) is 0 Å². The van der Waals surface area contributed by atoms with Gasteiger partial charge in [-0.1, -0.05) is 60.5 Å². The van der Waals surface area contributed by atoms with Gasteiger partial charge in [0.15, 0.2) is 0 Å². The van der Waals surface area contributed by atoms with Crippen LogP contribution < -0.4 is 5.48 Å². The summed E-state index contributed by atoms with van der Waals surface area (Å²) in [5.74, 6) is -0.333. The maximum Gasteiger partial charge on any atom is 0.243 e. The van der Waals surface area contributed by atoms with E-state index in [1.165, 1.54) is 0 Å². The van der Waals surface area contributed by atoms with Gasteiger partial charge in [-0.3, -0.25) is 10.0 Å². The predicted octanol–water partition coefficient (Wildman–Crippen LogP) is 5.74. The Balaban J connectivity index is 1.76. The zero-order chi connectivity index (χ0) is 19.1. The van der Waals surface area contributed by atoms with Crippen molar-refractivity contribution in [3.05, 3.63) is 64.6 Å². The van der Waals surface area contributed by atoms with E-state index in [9.17, 15) is 4.79 Å². The summed E-state index contributed by atoms with van der Waals surface area (Å²) in [6.45, 7) is 0. The van der Waals surface area contributed by atoms with Gasteiger partial charge in [0.05, 0.1) is 15.6 Å². The summed E-state index contributed by atoms with van der Waals surface area (Å²) in [7, 11) is 0. The van der Waals surface area contributed by atoms with E-state index in [1.54, 1.807) is 16.8 Å². The number of carbonyl (C=O) groups excluding carboxylic acids is 1. The number of aryl methyl sites for hydroxylation is 1. The average Bonchev–Trinajstić information content (AvgIpc) is 3.13. The number of nitrogens with one attached hydrogen (secondary N) is 1. The number of nitrogens with zero attached hydrogens (tertiary/aromatic N) is 1. The Morgan fingerprint density at radius 1 is 1.00 bits per heavy atom. The molecule has 1 amide bonds. The van der Waals surface area contributed by atoms with Crippen LogP contribution in [0.2, 0.25) is 5.02 Å². The minimum atomic E-state index is -0.333. The topological polar surface area (TPSA) is 62.2 Å². The largest absolute Gasteiger partial charge is 0.289 e. The SMILES string of the molecule is O=C(CCCCCc1nc(-c2ccccc2)c(-c2ccc(Cl)cc2)s1)NO. The Bertz CT molecular complexity index is 879. The maximum atomic E-state index is 11.0. The van der Waals surface area contributed by atoms with Crippen LogP contribution >= 0.6 is 22.9 Å². The van der Waals surface area contributed by atoms with E-state index in [2.05, 4.69) is 12.1 Å². The van der Waals surface area contributed by atoms with E-state index < -0.39 is 0 Å². The third kappa shape index (κ3) is 5.39. The summed E-state index contributed by atoms with van der Waals surface area (Å²) in [5.41, 5.74) is 4.88. The van der Waals surface area contributed by atoms with Gasteiger partial charge in [-0.2, -0.15) is 0 Å². The molecule has 0 spiro atoms. The van der Waals surface area contributed by atoms with Gasteiger partial charge in [0.25, 0.3) is 0 Å². The van der Waals surface area contributed by atoms with Crippen molar-refractivity contribution >= 4 is 28.8 Å². The summed E-state index contributed by atoms with van der Waals surface area (Å²) >= 11 is 7.74. The lowest BCUT2D eigenvalue weighted by molar-refractivity contribution is -0.129. The number of hydroxylamine groups is 1. The predicted molar refractivity (Wildman–Crippen MR) is 110 cm³/mol. The van der Waals surface area contributed by atoms with Gasteiger partial charge in [0, 0.05) is 17.0 Å². The van der Waals surface area contributed by atoms with Gasteiger partial charge in [0.1, 0.15) is 0 Å². The lowest BCUT2D eigenvalue weighted by Crippen LogP contribution is -2.17. The number of hydrogen-bond acceptors (Lipinski definition) is 4. The first-order valence-corrected chi connectivity index (χ1v) is 10.1. The number of thiazole rings is 1. The number of hydrogen-bond donors (Lipinski definition) is 2.